The van der Waals surface area contributed by atoms with Crippen molar-refractivity contribution in [3.05, 3.63) is 75.7 Å². The van der Waals surface area contributed by atoms with Gasteiger partial charge in [0.15, 0.2) is 0 Å². The molecule has 8 nitrogen and oxygen atoms in total. The summed E-state index contributed by atoms with van der Waals surface area (Å²) in [6.45, 7) is 8.89. The maximum atomic E-state index is 9.97. The SMILES string of the molecule is CC(C)(C)N1CCC(n2cc(C(Nc3cc(Cl)c4ncc(C#N)c(NC5CCCCC5)c4c3)c3ccc(Cl)cc3)nn2)CC1. The molecule has 2 aromatic carbocycles. The van der Waals surface area contributed by atoms with Gasteiger partial charge in [0.05, 0.1) is 40.1 Å². The number of hydrogen-bond acceptors (Lipinski definition) is 7. The average Bonchev–Trinajstić information content (AvgIpc) is 3.51. The number of pyridine rings is 1. The molecule has 1 aliphatic carbocycles. The van der Waals surface area contributed by atoms with Gasteiger partial charge in [-0.2, -0.15) is 5.26 Å². The Bertz CT molecular complexity index is 1640. The normalized spacial score (nSPS) is 17.8. The van der Waals surface area contributed by atoms with Crippen molar-refractivity contribution in [1.29, 1.82) is 5.26 Å². The van der Waals surface area contributed by atoms with E-state index >= 15 is 0 Å². The Morgan fingerprint density at radius 2 is 1.73 bits per heavy atom. The van der Waals surface area contributed by atoms with E-state index in [-0.39, 0.29) is 11.6 Å². The molecule has 2 aliphatic rings. The fourth-order valence-electron chi connectivity index (χ4n) is 6.59. The lowest BCUT2D eigenvalue weighted by Gasteiger charge is -2.40. The molecule has 2 aromatic heterocycles. The van der Waals surface area contributed by atoms with E-state index < -0.39 is 0 Å². The molecule has 0 amide bonds. The highest BCUT2D eigenvalue weighted by molar-refractivity contribution is 6.36. The Morgan fingerprint density at radius 1 is 1.00 bits per heavy atom. The molecule has 3 heterocycles. The number of aromatic nitrogens is 4. The fraction of sp³-hybridized carbons (Fsp3) is 0.471. The van der Waals surface area contributed by atoms with Crippen molar-refractivity contribution in [2.75, 3.05) is 23.7 Å². The maximum absolute atomic E-state index is 9.97. The van der Waals surface area contributed by atoms with Crippen LogP contribution in [0.4, 0.5) is 11.4 Å². The first-order valence-corrected chi connectivity index (χ1v) is 16.4. The molecule has 1 aliphatic heterocycles. The van der Waals surface area contributed by atoms with Gasteiger partial charge in [0, 0.05) is 47.0 Å². The first-order valence-electron chi connectivity index (χ1n) is 15.7. The maximum Gasteiger partial charge on any atom is 0.109 e. The van der Waals surface area contributed by atoms with Gasteiger partial charge in [-0.25, -0.2) is 4.68 Å². The summed E-state index contributed by atoms with van der Waals surface area (Å²) in [7, 11) is 0. The van der Waals surface area contributed by atoms with E-state index in [4.69, 9.17) is 23.2 Å². The molecular weight excluding hydrogens is 591 g/mol. The number of halogens is 2. The predicted octanol–water partition coefficient (Wildman–Crippen LogP) is 8.39. The van der Waals surface area contributed by atoms with Crippen LogP contribution in [0, 0.1) is 11.3 Å². The van der Waals surface area contributed by atoms with Gasteiger partial charge < -0.3 is 10.6 Å². The van der Waals surface area contributed by atoms with Gasteiger partial charge in [-0.1, -0.05) is 59.8 Å². The van der Waals surface area contributed by atoms with Crippen LogP contribution in [-0.2, 0) is 0 Å². The average molecular weight is 632 g/mol. The third kappa shape index (κ3) is 6.66. The molecule has 0 spiro atoms. The third-order valence-corrected chi connectivity index (χ3v) is 9.66. The number of piperidine rings is 1. The van der Waals surface area contributed by atoms with Gasteiger partial charge in [0.1, 0.15) is 11.8 Å². The van der Waals surface area contributed by atoms with Crippen molar-refractivity contribution in [3.8, 4) is 6.07 Å². The number of benzene rings is 2. The van der Waals surface area contributed by atoms with Crippen LogP contribution in [0.2, 0.25) is 10.0 Å². The second kappa shape index (κ2) is 12.9. The van der Waals surface area contributed by atoms with Gasteiger partial charge in [-0.05, 0) is 76.3 Å². The van der Waals surface area contributed by atoms with E-state index in [1.807, 2.05) is 41.1 Å². The summed E-state index contributed by atoms with van der Waals surface area (Å²) in [6.07, 6.45) is 11.6. The first-order chi connectivity index (χ1) is 21.2. The Kier molecular flexibility index (Phi) is 9.00. The van der Waals surface area contributed by atoms with Crippen molar-refractivity contribution in [1.82, 2.24) is 24.9 Å². The second-order valence-corrected chi connectivity index (χ2v) is 14.0. The zero-order chi connectivity index (χ0) is 30.8. The Morgan fingerprint density at radius 3 is 2.41 bits per heavy atom. The molecule has 2 fully saturated rings. The van der Waals surface area contributed by atoms with Crippen molar-refractivity contribution in [3.63, 3.8) is 0 Å². The van der Waals surface area contributed by atoms with Gasteiger partial charge >= 0.3 is 0 Å². The quantitative estimate of drug-likeness (QED) is 0.212. The number of rotatable bonds is 7. The largest absolute Gasteiger partial charge is 0.381 e. The molecule has 2 N–H and O–H groups in total. The highest BCUT2D eigenvalue weighted by Crippen LogP contribution is 2.37. The second-order valence-electron chi connectivity index (χ2n) is 13.1. The number of nitrogens with one attached hydrogen (secondary N) is 2. The van der Waals surface area contributed by atoms with E-state index in [1.165, 1.54) is 19.3 Å². The van der Waals surface area contributed by atoms with E-state index in [9.17, 15) is 5.26 Å². The molecule has 1 saturated carbocycles. The van der Waals surface area contributed by atoms with E-state index in [1.54, 1.807) is 6.20 Å². The monoisotopic (exact) mass is 630 g/mol. The number of fused-ring (bicyclic) bond motifs is 1. The zero-order valence-electron chi connectivity index (χ0n) is 25.7. The third-order valence-electron chi connectivity index (χ3n) is 9.12. The molecule has 1 saturated heterocycles. The lowest BCUT2D eigenvalue weighted by atomic mass is 9.94. The van der Waals surface area contributed by atoms with Gasteiger partial charge in [-0.3, -0.25) is 9.88 Å². The van der Waals surface area contributed by atoms with Crippen LogP contribution in [0.25, 0.3) is 10.9 Å². The zero-order valence-corrected chi connectivity index (χ0v) is 27.2. The van der Waals surface area contributed by atoms with Gasteiger partial charge in [-0.15, -0.1) is 5.10 Å². The molecule has 44 heavy (non-hydrogen) atoms. The van der Waals surface area contributed by atoms with E-state index in [0.717, 1.165) is 66.8 Å². The minimum Gasteiger partial charge on any atom is -0.381 e. The summed E-state index contributed by atoms with van der Waals surface area (Å²) < 4.78 is 2.03. The summed E-state index contributed by atoms with van der Waals surface area (Å²) in [6, 6.07) is 14.4. The van der Waals surface area contributed by atoms with Crippen LogP contribution in [0.15, 0.2) is 48.8 Å². The number of likely N-dealkylation sites (tertiary alicyclic amines) is 1. The smallest absolute Gasteiger partial charge is 0.109 e. The van der Waals surface area contributed by atoms with E-state index in [2.05, 4.69) is 63.9 Å². The Balaban J connectivity index is 1.33. The highest BCUT2D eigenvalue weighted by atomic mass is 35.5. The minimum atomic E-state index is -0.300. The molecule has 10 heteroatoms. The predicted molar refractivity (Wildman–Crippen MR) is 179 cm³/mol. The number of nitrogens with zero attached hydrogens (tertiary/aromatic N) is 6. The van der Waals surface area contributed by atoms with Crippen LogP contribution in [-0.4, -0.2) is 49.5 Å². The summed E-state index contributed by atoms with van der Waals surface area (Å²) in [5, 5.41) is 28.6. The molecule has 0 bridgehead atoms. The number of nitriles is 1. The highest BCUT2D eigenvalue weighted by Gasteiger charge is 2.29. The van der Waals surface area contributed by atoms with Crippen molar-refractivity contribution >= 4 is 45.5 Å². The van der Waals surface area contributed by atoms with Crippen LogP contribution in [0.3, 0.4) is 0 Å². The topological polar surface area (TPSA) is 94.7 Å². The standard InChI is InChI=1S/C34H40Cl2N8/c1-34(2,3)43-15-13-27(14-16-43)44-21-30(41-42-44)32(22-9-11-24(35)12-10-22)40-26-17-28-31(39-25-7-5-4-6-8-25)23(19-37)20-38-33(28)29(36)18-26/h9-12,17-18,20-21,25,27,32,40H,4-8,13-16H2,1-3H3,(H,38,39). The summed E-state index contributed by atoms with van der Waals surface area (Å²) >= 11 is 13.1. The lowest BCUT2D eigenvalue weighted by molar-refractivity contribution is 0.0866. The van der Waals surface area contributed by atoms with Crippen LogP contribution in [0.5, 0.6) is 0 Å². The van der Waals surface area contributed by atoms with E-state index in [0.29, 0.717) is 33.2 Å². The Hall–Kier alpha value is -3.38. The molecule has 6 rings (SSSR count). The van der Waals surface area contributed by atoms with Crippen molar-refractivity contribution in [2.45, 2.75) is 89.4 Å². The summed E-state index contributed by atoms with van der Waals surface area (Å²) in [5.74, 6) is 0. The molecule has 0 radical (unpaired) electrons. The molecular formula is C34H40Cl2N8. The van der Waals surface area contributed by atoms with Gasteiger partial charge in [0.25, 0.3) is 0 Å². The molecule has 1 unspecified atom stereocenters. The van der Waals surface area contributed by atoms with Crippen molar-refractivity contribution < 1.29 is 0 Å². The Labute approximate surface area is 269 Å². The molecule has 230 valence electrons. The molecule has 4 aromatic rings. The number of anilines is 2. The molecule has 1 atom stereocenters. The number of hydrogen-bond donors (Lipinski definition) is 2. The van der Waals surface area contributed by atoms with Crippen molar-refractivity contribution in [2.24, 2.45) is 0 Å². The van der Waals surface area contributed by atoms with Crippen LogP contribution in [0.1, 0.15) is 94.6 Å². The summed E-state index contributed by atoms with van der Waals surface area (Å²) in [5.41, 5.74) is 4.77. The van der Waals surface area contributed by atoms with Gasteiger partial charge in [0.2, 0.25) is 0 Å². The van der Waals surface area contributed by atoms with Crippen LogP contribution >= 0.6 is 23.2 Å². The first kappa shape index (κ1) is 30.6. The van der Waals surface area contributed by atoms with Crippen LogP contribution < -0.4 is 10.6 Å². The fourth-order valence-corrected chi connectivity index (χ4v) is 6.98. The minimum absolute atomic E-state index is 0.165. The summed E-state index contributed by atoms with van der Waals surface area (Å²) in [4.78, 5) is 7.10. The lowest BCUT2D eigenvalue weighted by Crippen LogP contribution is -2.46.